The SMILES string of the molecule is CC[C@@H](C)CC(=O)N(CC)Cc1ccoc1. The molecular formula is C13H21NO2. The number of carbonyl (C=O) groups excluding carboxylic acids is 1. The zero-order valence-corrected chi connectivity index (χ0v) is 10.4. The first-order valence-electron chi connectivity index (χ1n) is 5.96. The minimum atomic E-state index is 0.234. The number of amides is 1. The molecule has 0 radical (unpaired) electrons. The summed E-state index contributed by atoms with van der Waals surface area (Å²) in [5.41, 5.74) is 1.05. The van der Waals surface area contributed by atoms with Gasteiger partial charge in [-0.1, -0.05) is 20.3 Å². The summed E-state index contributed by atoms with van der Waals surface area (Å²) >= 11 is 0. The first-order valence-corrected chi connectivity index (χ1v) is 5.96. The Kier molecular flexibility index (Phi) is 5.09. The minimum absolute atomic E-state index is 0.234. The Morgan fingerprint density at radius 2 is 2.25 bits per heavy atom. The van der Waals surface area contributed by atoms with Gasteiger partial charge in [0.2, 0.25) is 5.91 Å². The number of furan rings is 1. The van der Waals surface area contributed by atoms with Crippen LogP contribution in [0.2, 0.25) is 0 Å². The summed E-state index contributed by atoms with van der Waals surface area (Å²) in [5.74, 6) is 0.698. The normalized spacial score (nSPS) is 12.4. The van der Waals surface area contributed by atoms with Crippen LogP contribution in [0.1, 0.15) is 39.2 Å². The van der Waals surface area contributed by atoms with Gasteiger partial charge in [0.25, 0.3) is 0 Å². The van der Waals surface area contributed by atoms with Crippen molar-refractivity contribution in [3.8, 4) is 0 Å². The van der Waals surface area contributed by atoms with Gasteiger partial charge in [-0.3, -0.25) is 4.79 Å². The van der Waals surface area contributed by atoms with E-state index < -0.39 is 0 Å². The van der Waals surface area contributed by atoms with Gasteiger partial charge in [0.05, 0.1) is 12.5 Å². The Morgan fingerprint density at radius 1 is 1.50 bits per heavy atom. The molecular weight excluding hydrogens is 202 g/mol. The summed E-state index contributed by atoms with van der Waals surface area (Å²) in [5, 5.41) is 0. The third-order valence-corrected chi connectivity index (χ3v) is 2.91. The standard InChI is InChI=1S/C13H21NO2/c1-4-11(3)8-13(15)14(5-2)9-12-6-7-16-10-12/h6-7,10-11H,4-5,8-9H2,1-3H3/t11-/m1/s1. The van der Waals surface area contributed by atoms with E-state index in [1.54, 1.807) is 12.5 Å². The molecule has 3 heteroatoms. The smallest absolute Gasteiger partial charge is 0.223 e. The van der Waals surface area contributed by atoms with Gasteiger partial charge in [-0.25, -0.2) is 0 Å². The molecule has 0 aromatic carbocycles. The zero-order valence-electron chi connectivity index (χ0n) is 10.4. The fourth-order valence-corrected chi connectivity index (χ4v) is 1.55. The fraction of sp³-hybridized carbons (Fsp3) is 0.615. The first-order chi connectivity index (χ1) is 7.67. The molecule has 0 aliphatic heterocycles. The lowest BCUT2D eigenvalue weighted by atomic mass is 10.0. The molecule has 0 aliphatic rings. The second-order valence-electron chi connectivity index (χ2n) is 4.26. The molecule has 0 unspecified atom stereocenters. The Labute approximate surface area is 97.4 Å². The highest BCUT2D eigenvalue weighted by molar-refractivity contribution is 5.76. The van der Waals surface area contributed by atoms with Crippen LogP contribution in [0.4, 0.5) is 0 Å². The van der Waals surface area contributed by atoms with Gasteiger partial charge in [0.15, 0.2) is 0 Å². The molecule has 16 heavy (non-hydrogen) atoms. The van der Waals surface area contributed by atoms with E-state index >= 15 is 0 Å². The van der Waals surface area contributed by atoms with E-state index in [0.29, 0.717) is 18.9 Å². The van der Waals surface area contributed by atoms with Crippen molar-refractivity contribution >= 4 is 5.91 Å². The highest BCUT2D eigenvalue weighted by Crippen LogP contribution is 2.12. The zero-order chi connectivity index (χ0) is 12.0. The van der Waals surface area contributed by atoms with Gasteiger partial charge in [-0.05, 0) is 18.9 Å². The van der Waals surface area contributed by atoms with Crippen molar-refractivity contribution in [2.75, 3.05) is 6.54 Å². The molecule has 1 aromatic heterocycles. The summed E-state index contributed by atoms with van der Waals surface area (Å²) in [7, 11) is 0. The number of hydrogen-bond acceptors (Lipinski definition) is 2. The van der Waals surface area contributed by atoms with Crippen LogP contribution in [0, 0.1) is 5.92 Å². The third kappa shape index (κ3) is 3.72. The van der Waals surface area contributed by atoms with Crippen molar-refractivity contribution in [2.45, 2.75) is 40.2 Å². The summed E-state index contributed by atoms with van der Waals surface area (Å²) in [4.78, 5) is 13.8. The lowest BCUT2D eigenvalue weighted by Gasteiger charge is -2.21. The van der Waals surface area contributed by atoms with Crippen LogP contribution >= 0.6 is 0 Å². The number of hydrogen-bond donors (Lipinski definition) is 0. The van der Waals surface area contributed by atoms with Crippen LogP contribution in [0.15, 0.2) is 23.0 Å². The van der Waals surface area contributed by atoms with Gasteiger partial charge < -0.3 is 9.32 Å². The van der Waals surface area contributed by atoms with Crippen LogP contribution in [-0.4, -0.2) is 17.4 Å². The van der Waals surface area contributed by atoms with E-state index in [2.05, 4.69) is 13.8 Å². The maximum absolute atomic E-state index is 12.0. The van der Waals surface area contributed by atoms with E-state index in [9.17, 15) is 4.79 Å². The molecule has 90 valence electrons. The van der Waals surface area contributed by atoms with E-state index in [0.717, 1.165) is 18.5 Å². The second-order valence-corrected chi connectivity index (χ2v) is 4.26. The van der Waals surface area contributed by atoms with Crippen molar-refractivity contribution < 1.29 is 9.21 Å². The molecule has 0 spiro atoms. The van der Waals surface area contributed by atoms with Gasteiger partial charge in [0, 0.05) is 25.1 Å². The highest BCUT2D eigenvalue weighted by Gasteiger charge is 2.14. The molecule has 3 nitrogen and oxygen atoms in total. The second kappa shape index (κ2) is 6.36. The summed E-state index contributed by atoms with van der Waals surface area (Å²) < 4.78 is 5.00. The Hall–Kier alpha value is -1.25. The van der Waals surface area contributed by atoms with Gasteiger partial charge in [-0.15, -0.1) is 0 Å². The van der Waals surface area contributed by atoms with Gasteiger partial charge in [0.1, 0.15) is 0 Å². The number of rotatable bonds is 6. The van der Waals surface area contributed by atoms with Crippen molar-refractivity contribution in [3.05, 3.63) is 24.2 Å². The van der Waals surface area contributed by atoms with Crippen LogP contribution < -0.4 is 0 Å². The predicted octanol–water partition coefficient (Wildman–Crippen LogP) is 3.06. The molecule has 0 fully saturated rings. The maximum atomic E-state index is 12.0. The number of carbonyl (C=O) groups is 1. The summed E-state index contributed by atoms with van der Waals surface area (Å²) in [6.45, 7) is 7.64. The Morgan fingerprint density at radius 3 is 2.75 bits per heavy atom. The minimum Gasteiger partial charge on any atom is -0.472 e. The Balaban J connectivity index is 2.50. The largest absolute Gasteiger partial charge is 0.472 e. The predicted molar refractivity (Wildman–Crippen MR) is 63.9 cm³/mol. The van der Waals surface area contributed by atoms with Crippen molar-refractivity contribution in [1.82, 2.24) is 4.90 Å². The number of nitrogens with zero attached hydrogens (tertiary/aromatic N) is 1. The first kappa shape index (κ1) is 12.8. The van der Waals surface area contributed by atoms with Crippen molar-refractivity contribution in [2.24, 2.45) is 5.92 Å². The molecule has 0 N–H and O–H groups in total. The van der Waals surface area contributed by atoms with E-state index in [1.165, 1.54) is 0 Å². The monoisotopic (exact) mass is 223 g/mol. The molecule has 0 bridgehead atoms. The van der Waals surface area contributed by atoms with Crippen LogP contribution in [0.5, 0.6) is 0 Å². The molecule has 1 amide bonds. The molecule has 0 aliphatic carbocycles. The van der Waals surface area contributed by atoms with E-state index in [-0.39, 0.29) is 5.91 Å². The Bertz CT molecular complexity index is 306. The topological polar surface area (TPSA) is 33.5 Å². The maximum Gasteiger partial charge on any atom is 0.223 e. The highest BCUT2D eigenvalue weighted by atomic mass is 16.3. The summed E-state index contributed by atoms with van der Waals surface area (Å²) in [6, 6.07) is 1.90. The quantitative estimate of drug-likeness (QED) is 0.742. The van der Waals surface area contributed by atoms with Crippen LogP contribution in [0.25, 0.3) is 0 Å². The van der Waals surface area contributed by atoms with Gasteiger partial charge in [-0.2, -0.15) is 0 Å². The van der Waals surface area contributed by atoms with Crippen LogP contribution in [-0.2, 0) is 11.3 Å². The van der Waals surface area contributed by atoms with Crippen LogP contribution in [0.3, 0.4) is 0 Å². The average Bonchev–Trinajstić information content (AvgIpc) is 2.78. The molecule has 1 atom stereocenters. The lowest BCUT2D eigenvalue weighted by molar-refractivity contribution is -0.132. The average molecular weight is 223 g/mol. The molecule has 0 saturated heterocycles. The molecule has 1 aromatic rings. The summed E-state index contributed by atoms with van der Waals surface area (Å²) in [6.07, 6.45) is 5.03. The molecule has 1 heterocycles. The van der Waals surface area contributed by atoms with Crippen molar-refractivity contribution in [3.63, 3.8) is 0 Å². The van der Waals surface area contributed by atoms with E-state index in [4.69, 9.17) is 4.42 Å². The molecule has 1 rings (SSSR count). The molecule has 0 saturated carbocycles. The van der Waals surface area contributed by atoms with Gasteiger partial charge >= 0.3 is 0 Å². The lowest BCUT2D eigenvalue weighted by Crippen LogP contribution is -2.31. The van der Waals surface area contributed by atoms with Crippen molar-refractivity contribution in [1.29, 1.82) is 0 Å². The third-order valence-electron chi connectivity index (χ3n) is 2.91. The fourth-order valence-electron chi connectivity index (χ4n) is 1.55. The van der Waals surface area contributed by atoms with E-state index in [1.807, 2.05) is 17.9 Å².